The molecule has 0 saturated carbocycles. The number of anilines is 6. The normalized spacial score (nSPS) is 13.8. The van der Waals surface area contributed by atoms with Crippen LogP contribution in [0.3, 0.4) is 0 Å². The number of rotatable bonds is 7. The fraction of sp³-hybridized carbons (Fsp3) is 0.133. The number of hydrogen-bond donors (Lipinski definition) is 0. The Morgan fingerprint density at radius 3 is 1.43 bits per heavy atom. The van der Waals surface area contributed by atoms with E-state index in [9.17, 15) is 0 Å². The summed E-state index contributed by atoms with van der Waals surface area (Å²) in [5, 5.41) is 0. The van der Waals surface area contributed by atoms with Crippen molar-refractivity contribution in [3.63, 3.8) is 0 Å². The molecule has 6 nitrogen and oxygen atoms in total. The Morgan fingerprint density at radius 2 is 1.03 bits per heavy atom. The van der Waals surface area contributed by atoms with Crippen LogP contribution in [0.5, 0.6) is 11.5 Å². The second-order valence-electron chi connectivity index (χ2n) is 8.56. The van der Waals surface area contributed by atoms with Gasteiger partial charge in [0.1, 0.15) is 0 Å². The van der Waals surface area contributed by atoms with Gasteiger partial charge in [-0.1, -0.05) is 24.3 Å². The molecule has 192 valence electrons. The predicted octanol–water partition coefficient (Wildman–Crippen LogP) is 6.16. The molecule has 6 rings (SSSR count). The summed E-state index contributed by atoms with van der Waals surface area (Å²) in [6, 6.07) is 35.2. The van der Waals surface area contributed by atoms with Crippen molar-refractivity contribution in [2.24, 2.45) is 0 Å². The Kier molecular flexibility index (Phi) is 7.27. The maximum atomic E-state index is 5.44. The Labute approximate surface area is 232 Å². The van der Waals surface area contributed by atoms with E-state index >= 15 is 0 Å². The Morgan fingerprint density at radius 1 is 0.622 bits per heavy atom. The van der Waals surface area contributed by atoms with Gasteiger partial charge in [-0.05, 0) is 24.3 Å². The first kappa shape index (κ1) is 25.0. The monoisotopic (exact) mass is 580 g/mol. The molecule has 2 aliphatic heterocycles. The van der Waals surface area contributed by atoms with Crippen molar-refractivity contribution in [2.75, 3.05) is 46.9 Å². The topological polar surface area (TPSA) is 31.4 Å². The quantitative estimate of drug-likeness (QED) is 0.192. The molecule has 37 heavy (non-hydrogen) atoms. The fourth-order valence-electron chi connectivity index (χ4n) is 4.70. The van der Waals surface area contributed by atoms with Gasteiger partial charge in [0.15, 0.2) is 0 Å². The smallest absolute Gasteiger partial charge is 0.0743 e. The SMILES string of the molecule is COc1cc[c-]c(N2[CH-]N(CCN3[CH-]N(c4[c-]ccc(OC)c4)c4ccccc43)c3ccccc32)c1.[Pd]. The van der Waals surface area contributed by atoms with Crippen LogP contribution in [-0.2, 0) is 20.4 Å². The molecule has 0 spiro atoms. The Hall–Kier alpha value is -3.66. The molecule has 0 fully saturated rings. The summed E-state index contributed by atoms with van der Waals surface area (Å²) in [5.74, 6) is 1.62. The van der Waals surface area contributed by atoms with E-state index in [0.717, 1.165) is 47.3 Å². The average Bonchev–Trinajstić information content (AvgIpc) is 3.51. The molecular formula is C30H26N4O2Pd-4. The number of para-hydroxylation sites is 4. The first-order valence-corrected chi connectivity index (χ1v) is 11.9. The van der Waals surface area contributed by atoms with Gasteiger partial charge in [0.25, 0.3) is 0 Å². The van der Waals surface area contributed by atoms with Crippen molar-refractivity contribution in [3.05, 3.63) is 110 Å². The third-order valence-electron chi connectivity index (χ3n) is 6.50. The summed E-state index contributed by atoms with van der Waals surface area (Å²) < 4.78 is 10.9. The van der Waals surface area contributed by atoms with Crippen LogP contribution < -0.4 is 29.1 Å². The zero-order valence-corrected chi connectivity index (χ0v) is 22.1. The van der Waals surface area contributed by atoms with Crippen molar-refractivity contribution in [1.82, 2.24) is 0 Å². The second-order valence-corrected chi connectivity index (χ2v) is 8.56. The Bertz CT molecular complexity index is 1280. The summed E-state index contributed by atoms with van der Waals surface area (Å²) in [5.41, 5.74) is 6.48. The maximum absolute atomic E-state index is 5.44. The molecule has 4 aromatic carbocycles. The minimum absolute atomic E-state index is 0. The number of nitrogens with zero attached hydrogens (tertiary/aromatic N) is 4. The van der Waals surface area contributed by atoms with Gasteiger partial charge in [-0.3, -0.25) is 0 Å². The number of methoxy groups -OCH3 is 2. The van der Waals surface area contributed by atoms with Gasteiger partial charge in [0.2, 0.25) is 0 Å². The molecule has 0 saturated heterocycles. The van der Waals surface area contributed by atoms with Gasteiger partial charge < -0.3 is 29.1 Å². The number of hydrogen-bond acceptors (Lipinski definition) is 6. The van der Waals surface area contributed by atoms with E-state index in [0.29, 0.717) is 0 Å². The maximum Gasteiger partial charge on any atom is 0.0743 e. The van der Waals surface area contributed by atoms with Gasteiger partial charge in [0, 0.05) is 67.8 Å². The van der Waals surface area contributed by atoms with Gasteiger partial charge >= 0.3 is 0 Å². The van der Waals surface area contributed by atoms with Crippen LogP contribution in [0.4, 0.5) is 34.1 Å². The van der Waals surface area contributed by atoms with Crippen LogP contribution in [0, 0.1) is 25.5 Å². The summed E-state index contributed by atoms with van der Waals surface area (Å²) in [7, 11) is 3.37. The average molecular weight is 581 g/mol. The number of benzene rings is 4. The van der Waals surface area contributed by atoms with Gasteiger partial charge in [-0.15, -0.1) is 35.6 Å². The van der Waals surface area contributed by atoms with Crippen LogP contribution in [0.15, 0.2) is 84.9 Å². The first-order valence-electron chi connectivity index (χ1n) is 11.9. The summed E-state index contributed by atoms with van der Waals surface area (Å²) in [6.45, 7) is 5.90. The molecule has 0 radical (unpaired) electrons. The fourth-order valence-corrected chi connectivity index (χ4v) is 4.70. The van der Waals surface area contributed by atoms with E-state index in [-0.39, 0.29) is 20.4 Å². The molecule has 2 heterocycles. The largest absolute Gasteiger partial charge is 0.522 e. The minimum Gasteiger partial charge on any atom is -0.522 e. The number of ether oxygens (including phenoxy) is 2. The van der Waals surface area contributed by atoms with Crippen molar-refractivity contribution in [2.45, 2.75) is 0 Å². The van der Waals surface area contributed by atoms with Crippen LogP contribution in [-0.4, -0.2) is 27.3 Å². The zero-order valence-electron chi connectivity index (χ0n) is 20.6. The molecule has 0 bridgehead atoms. The van der Waals surface area contributed by atoms with E-state index in [4.69, 9.17) is 9.47 Å². The molecular weight excluding hydrogens is 555 g/mol. The van der Waals surface area contributed by atoms with E-state index in [2.05, 4.69) is 93.6 Å². The van der Waals surface area contributed by atoms with Crippen molar-refractivity contribution < 1.29 is 29.9 Å². The predicted molar refractivity (Wildman–Crippen MR) is 144 cm³/mol. The molecule has 0 unspecified atom stereocenters. The molecule has 0 amide bonds. The zero-order chi connectivity index (χ0) is 24.5. The summed E-state index contributed by atoms with van der Waals surface area (Å²) in [6.07, 6.45) is 0. The standard InChI is InChI=1S/C30H26N4O2.Pd/c1-35-25-11-7-9-23(19-25)33-21-31(27-13-3-5-15-29(27)33)17-18-32-22-34(30-16-6-4-14-28(30)32)24-10-8-12-26(20-24)36-2;/h3-8,11-16,19-22H,17-18H2,1-2H3;/q-4;. The Balaban J connectivity index is 0.00000280. The first-order chi connectivity index (χ1) is 17.7. The third kappa shape index (κ3) is 4.73. The van der Waals surface area contributed by atoms with Crippen LogP contribution in [0.1, 0.15) is 0 Å². The number of fused-ring (bicyclic) bond motifs is 2. The summed E-state index contributed by atoms with van der Waals surface area (Å²) >= 11 is 0. The van der Waals surface area contributed by atoms with Crippen LogP contribution in [0.25, 0.3) is 0 Å². The molecule has 2 aliphatic rings. The van der Waals surface area contributed by atoms with Crippen molar-refractivity contribution in [1.29, 1.82) is 0 Å². The molecule has 0 atom stereocenters. The molecule has 0 aromatic heterocycles. The second kappa shape index (κ2) is 10.8. The van der Waals surface area contributed by atoms with Crippen molar-refractivity contribution >= 4 is 34.1 Å². The molecule has 7 heteroatoms. The van der Waals surface area contributed by atoms with Gasteiger partial charge in [-0.25, -0.2) is 0 Å². The van der Waals surface area contributed by atoms with Crippen LogP contribution in [0.2, 0.25) is 0 Å². The van der Waals surface area contributed by atoms with E-state index < -0.39 is 0 Å². The van der Waals surface area contributed by atoms with Gasteiger partial charge in [-0.2, -0.15) is 37.6 Å². The third-order valence-corrected chi connectivity index (χ3v) is 6.50. The summed E-state index contributed by atoms with van der Waals surface area (Å²) in [4.78, 5) is 8.91. The van der Waals surface area contributed by atoms with E-state index in [1.165, 1.54) is 11.4 Å². The van der Waals surface area contributed by atoms with E-state index in [1.807, 2.05) is 36.4 Å². The van der Waals surface area contributed by atoms with E-state index in [1.54, 1.807) is 14.2 Å². The molecule has 4 aromatic rings. The molecule has 0 aliphatic carbocycles. The minimum atomic E-state index is 0. The molecule has 0 N–H and O–H groups in total. The van der Waals surface area contributed by atoms with Crippen molar-refractivity contribution in [3.8, 4) is 11.5 Å². The van der Waals surface area contributed by atoms with Gasteiger partial charge in [0.05, 0.1) is 14.2 Å². The van der Waals surface area contributed by atoms with Crippen LogP contribution >= 0.6 is 0 Å².